The Hall–Kier alpha value is -0.730. The van der Waals surface area contributed by atoms with Crippen LogP contribution in [0.3, 0.4) is 0 Å². The van der Waals surface area contributed by atoms with Crippen LogP contribution in [0.25, 0.3) is 0 Å². The minimum atomic E-state index is 0.0618. The summed E-state index contributed by atoms with van der Waals surface area (Å²) in [6.07, 6.45) is 2.14. The summed E-state index contributed by atoms with van der Waals surface area (Å²) in [5.74, 6) is 1.11. The lowest BCUT2D eigenvalue weighted by molar-refractivity contribution is 0.0685. The predicted octanol–water partition coefficient (Wildman–Crippen LogP) is 3.74. The number of piperidine rings is 1. The van der Waals surface area contributed by atoms with Gasteiger partial charge < -0.3 is 4.90 Å². The van der Waals surface area contributed by atoms with Crippen LogP contribution in [-0.4, -0.2) is 29.8 Å². The van der Waals surface area contributed by atoms with E-state index in [1.54, 1.807) is 6.07 Å². The van der Waals surface area contributed by atoms with Gasteiger partial charge in [0.1, 0.15) is 0 Å². The fraction of sp³-hybridized carbons (Fsp3) is 0.500. The van der Waals surface area contributed by atoms with Crippen LogP contribution in [-0.2, 0) is 0 Å². The molecule has 1 heterocycles. The minimum Gasteiger partial charge on any atom is -0.338 e. The molecule has 1 aliphatic heterocycles. The Morgan fingerprint density at radius 2 is 2.28 bits per heavy atom. The fourth-order valence-electron chi connectivity index (χ4n) is 2.28. The fourth-order valence-corrected chi connectivity index (χ4v) is 2.72. The topological polar surface area (TPSA) is 20.3 Å². The number of benzene rings is 1. The highest BCUT2D eigenvalue weighted by molar-refractivity contribution is 6.31. The van der Waals surface area contributed by atoms with Crippen molar-refractivity contribution in [3.8, 4) is 0 Å². The zero-order valence-electron chi connectivity index (χ0n) is 10.5. The second-order valence-corrected chi connectivity index (χ2v) is 5.59. The molecule has 0 aliphatic carbocycles. The van der Waals surface area contributed by atoms with E-state index in [1.165, 1.54) is 0 Å². The summed E-state index contributed by atoms with van der Waals surface area (Å²) >= 11 is 11.9. The van der Waals surface area contributed by atoms with Gasteiger partial charge in [0.2, 0.25) is 0 Å². The van der Waals surface area contributed by atoms with Crippen molar-refractivity contribution in [2.24, 2.45) is 5.92 Å². The molecule has 1 aromatic rings. The first-order valence-electron chi connectivity index (χ1n) is 6.23. The van der Waals surface area contributed by atoms with Crippen molar-refractivity contribution in [3.63, 3.8) is 0 Å². The van der Waals surface area contributed by atoms with Gasteiger partial charge in [-0.1, -0.05) is 17.7 Å². The number of carbonyl (C=O) groups is 1. The van der Waals surface area contributed by atoms with Gasteiger partial charge in [-0.2, -0.15) is 0 Å². The first-order valence-corrected chi connectivity index (χ1v) is 7.14. The first-order chi connectivity index (χ1) is 8.61. The molecule has 1 amide bonds. The highest BCUT2D eigenvalue weighted by Gasteiger charge is 2.24. The largest absolute Gasteiger partial charge is 0.338 e. The van der Waals surface area contributed by atoms with Gasteiger partial charge in [0.15, 0.2) is 0 Å². The Morgan fingerprint density at radius 1 is 1.50 bits per heavy atom. The zero-order valence-corrected chi connectivity index (χ0v) is 12.0. The molecule has 1 aromatic carbocycles. The molecule has 2 rings (SSSR count). The van der Waals surface area contributed by atoms with Crippen molar-refractivity contribution in [2.75, 3.05) is 19.0 Å². The molecule has 18 heavy (non-hydrogen) atoms. The molecule has 2 nitrogen and oxygen atoms in total. The Bertz CT molecular complexity index is 447. The number of hydrogen-bond donors (Lipinski definition) is 0. The van der Waals surface area contributed by atoms with Gasteiger partial charge in [-0.15, -0.1) is 11.6 Å². The van der Waals surface area contributed by atoms with Crippen LogP contribution < -0.4 is 0 Å². The Kier molecular flexibility index (Phi) is 4.52. The maximum absolute atomic E-state index is 12.3. The van der Waals surface area contributed by atoms with Gasteiger partial charge in [0, 0.05) is 29.6 Å². The van der Waals surface area contributed by atoms with E-state index in [-0.39, 0.29) is 5.91 Å². The molecule has 1 unspecified atom stereocenters. The van der Waals surface area contributed by atoms with Crippen molar-refractivity contribution < 1.29 is 4.79 Å². The van der Waals surface area contributed by atoms with E-state index >= 15 is 0 Å². The third kappa shape index (κ3) is 2.99. The SMILES string of the molecule is Cc1ccc(C(=O)N2CCCC(CCl)C2)cc1Cl. The van der Waals surface area contributed by atoms with Crippen molar-refractivity contribution in [1.82, 2.24) is 4.90 Å². The van der Waals surface area contributed by atoms with E-state index in [0.29, 0.717) is 22.4 Å². The van der Waals surface area contributed by atoms with Crippen molar-refractivity contribution in [2.45, 2.75) is 19.8 Å². The van der Waals surface area contributed by atoms with Crippen LogP contribution in [0.2, 0.25) is 5.02 Å². The summed E-state index contributed by atoms with van der Waals surface area (Å²) in [4.78, 5) is 14.2. The van der Waals surface area contributed by atoms with Crippen LogP contribution in [0.1, 0.15) is 28.8 Å². The Labute approximate surface area is 118 Å². The van der Waals surface area contributed by atoms with Gasteiger partial charge in [0.25, 0.3) is 5.91 Å². The van der Waals surface area contributed by atoms with Gasteiger partial charge in [-0.05, 0) is 43.4 Å². The molecule has 1 fully saturated rings. The molecule has 1 saturated heterocycles. The van der Waals surface area contributed by atoms with Gasteiger partial charge in [-0.3, -0.25) is 4.79 Å². The van der Waals surface area contributed by atoms with E-state index in [1.807, 2.05) is 24.0 Å². The molecule has 1 atom stereocenters. The average molecular weight is 286 g/mol. The molecule has 0 radical (unpaired) electrons. The highest BCUT2D eigenvalue weighted by Crippen LogP contribution is 2.22. The smallest absolute Gasteiger partial charge is 0.253 e. The summed E-state index contributed by atoms with van der Waals surface area (Å²) in [5, 5.41) is 0.645. The number of nitrogens with zero attached hydrogens (tertiary/aromatic N) is 1. The number of likely N-dealkylation sites (tertiary alicyclic amines) is 1. The van der Waals surface area contributed by atoms with Crippen LogP contribution in [0.15, 0.2) is 18.2 Å². The van der Waals surface area contributed by atoms with Crippen molar-refractivity contribution in [1.29, 1.82) is 0 Å². The van der Waals surface area contributed by atoms with Gasteiger partial charge in [-0.25, -0.2) is 0 Å². The lowest BCUT2D eigenvalue weighted by Gasteiger charge is -2.32. The molecule has 0 bridgehead atoms. The predicted molar refractivity (Wildman–Crippen MR) is 75.5 cm³/mol. The highest BCUT2D eigenvalue weighted by atomic mass is 35.5. The minimum absolute atomic E-state index is 0.0618. The summed E-state index contributed by atoms with van der Waals surface area (Å²) < 4.78 is 0. The van der Waals surface area contributed by atoms with Crippen LogP contribution in [0.5, 0.6) is 0 Å². The number of carbonyl (C=O) groups excluding carboxylic acids is 1. The van der Waals surface area contributed by atoms with Crippen LogP contribution in [0.4, 0.5) is 0 Å². The maximum Gasteiger partial charge on any atom is 0.253 e. The number of halogens is 2. The molecular formula is C14H17Cl2NO. The number of hydrogen-bond acceptors (Lipinski definition) is 1. The van der Waals surface area contributed by atoms with Crippen LogP contribution >= 0.6 is 23.2 Å². The van der Waals surface area contributed by atoms with Gasteiger partial charge >= 0.3 is 0 Å². The molecule has 0 aromatic heterocycles. The molecule has 4 heteroatoms. The quantitative estimate of drug-likeness (QED) is 0.758. The monoisotopic (exact) mass is 285 g/mol. The average Bonchev–Trinajstić information content (AvgIpc) is 2.41. The lowest BCUT2D eigenvalue weighted by Crippen LogP contribution is -2.40. The number of amides is 1. The van der Waals surface area contributed by atoms with Crippen LogP contribution in [0, 0.1) is 12.8 Å². The number of aryl methyl sites for hydroxylation is 1. The molecule has 1 aliphatic rings. The summed E-state index contributed by atoms with van der Waals surface area (Å²) in [5.41, 5.74) is 1.66. The zero-order chi connectivity index (χ0) is 13.1. The summed E-state index contributed by atoms with van der Waals surface area (Å²) in [7, 11) is 0. The summed E-state index contributed by atoms with van der Waals surface area (Å²) in [6, 6.07) is 5.48. The number of rotatable bonds is 2. The lowest BCUT2D eigenvalue weighted by atomic mass is 9.99. The Morgan fingerprint density at radius 3 is 2.94 bits per heavy atom. The van der Waals surface area contributed by atoms with Gasteiger partial charge in [0.05, 0.1) is 0 Å². The molecular weight excluding hydrogens is 269 g/mol. The van der Waals surface area contributed by atoms with E-state index in [4.69, 9.17) is 23.2 Å². The third-order valence-corrected chi connectivity index (χ3v) is 4.29. The summed E-state index contributed by atoms with van der Waals surface area (Å²) in [6.45, 7) is 3.51. The molecule has 0 spiro atoms. The van der Waals surface area contributed by atoms with E-state index in [9.17, 15) is 4.79 Å². The normalized spacial score (nSPS) is 19.9. The molecule has 0 N–H and O–H groups in total. The number of alkyl halides is 1. The van der Waals surface area contributed by atoms with E-state index in [2.05, 4.69) is 0 Å². The first kappa shape index (κ1) is 13.7. The standard InChI is InChI=1S/C14H17Cl2NO/c1-10-4-5-12(7-13(10)16)14(18)17-6-2-3-11(8-15)9-17/h4-5,7,11H,2-3,6,8-9H2,1H3. The van der Waals surface area contributed by atoms with E-state index < -0.39 is 0 Å². The van der Waals surface area contributed by atoms with Crippen molar-refractivity contribution >= 4 is 29.1 Å². The second kappa shape index (κ2) is 5.94. The third-order valence-electron chi connectivity index (χ3n) is 3.44. The second-order valence-electron chi connectivity index (χ2n) is 4.88. The maximum atomic E-state index is 12.3. The Balaban J connectivity index is 2.12. The van der Waals surface area contributed by atoms with Crippen molar-refractivity contribution in [3.05, 3.63) is 34.3 Å². The van der Waals surface area contributed by atoms with E-state index in [0.717, 1.165) is 31.5 Å². The molecule has 98 valence electrons. The molecule has 0 saturated carbocycles.